The monoisotopic (exact) mass is 356 g/mol. The Bertz CT molecular complexity index is 411. The number of hydrogen-bond acceptors (Lipinski definition) is 4. The van der Waals surface area contributed by atoms with Crippen LogP contribution >= 0.6 is 0 Å². The van der Waals surface area contributed by atoms with Gasteiger partial charge in [0.25, 0.3) is 0 Å². The molecule has 0 spiro atoms. The highest BCUT2D eigenvalue weighted by Crippen LogP contribution is 2.27. The standard InChI is InChI=1S/C19H40N2O2Si/c1-15(2)17(23-24(7,8)9)13-18(19(3,4)5)20-21-12-10-11-16(21)14-22-6/h15-17H,10-14H2,1-9H3/b20-18-/t16-,17?/m0/s1. The van der Waals surface area contributed by atoms with Gasteiger partial charge in [0.2, 0.25) is 0 Å². The van der Waals surface area contributed by atoms with Gasteiger partial charge < -0.3 is 9.16 Å². The largest absolute Gasteiger partial charge is 0.414 e. The molecule has 1 rings (SSSR count). The van der Waals surface area contributed by atoms with Crippen LogP contribution in [0.15, 0.2) is 5.10 Å². The Hall–Kier alpha value is -0.393. The molecule has 0 amide bonds. The maximum absolute atomic E-state index is 6.48. The third-order valence-corrected chi connectivity index (χ3v) is 5.47. The van der Waals surface area contributed by atoms with Crippen LogP contribution in [0, 0.1) is 11.3 Å². The van der Waals surface area contributed by atoms with Gasteiger partial charge >= 0.3 is 0 Å². The quantitative estimate of drug-likeness (QED) is 0.464. The first-order valence-corrected chi connectivity index (χ1v) is 12.9. The van der Waals surface area contributed by atoms with Gasteiger partial charge in [0.1, 0.15) is 0 Å². The summed E-state index contributed by atoms with van der Waals surface area (Å²) in [5.74, 6) is 0.498. The third-order valence-electron chi connectivity index (χ3n) is 4.46. The first-order valence-electron chi connectivity index (χ1n) is 9.45. The van der Waals surface area contributed by atoms with Crippen molar-refractivity contribution in [3.63, 3.8) is 0 Å². The SMILES string of the molecule is COC[C@@H]1CCCN1/N=C(/CC(O[Si](C)(C)C)C(C)C)C(C)(C)C. The highest BCUT2D eigenvalue weighted by Gasteiger charge is 2.31. The molecule has 24 heavy (non-hydrogen) atoms. The summed E-state index contributed by atoms with van der Waals surface area (Å²) in [6, 6.07) is 0.419. The molecular weight excluding hydrogens is 316 g/mol. The van der Waals surface area contributed by atoms with E-state index < -0.39 is 8.32 Å². The van der Waals surface area contributed by atoms with E-state index in [9.17, 15) is 0 Å². The summed E-state index contributed by atoms with van der Waals surface area (Å²) in [6.07, 6.45) is 3.54. The van der Waals surface area contributed by atoms with Crippen LogP contribution in [0.2, 0.25) is 19.6 Å². The zero-order valence-electron chi connectivity index (χ0n) is 17.5. The van der Waals surface area contributed by atoms with Crippen molar-refractivity contribution in [3.8, 4) is 0 Å². The molecule has 0 aromatic carbocycles. The van der Waals surface area contributed by atoms with Crippen molar-refractivity contribution in [2.75, 3.05) is 20.3 Å². The van der Waals surface area contributed by atoms with E-state index in [-0.39, 0.29) is 11.5 Å². The summed E-state index contributed by atoms with van der Waals surface area (Å²) < 4.78 is 11.9. The van der Waals surface area contributed by atoms with E-state index in [1.807, 2.05) is 0 Å². The summed E-state index contributed by atoms with van der Waals surface area (Å²) in [6.45, 7) is 19.9. The van der Waals surface area contributed by atoms with Crippen LogP contribution in [-0.4, -0.2) is 51.4 Å². The minimum Gasteiger partial charge on any atom is -0.414 e. The molecule has 142 valence electrons. The molecule has 0 saturated carbocycles. The van der Waals surface area contributed by atoms with E-state index in [1.54, 1.807) is 7.11 Å². The van der Waals surface area contributed by atoms with Crippen molar-refractivity contribution >= 4 is 14.0 Å². The topological polar surface area (TPSA) is 34.1 Å². The molecule has 1 heterocycles. The minimum absolute atomic E-state index is 0.0517. The Morgan fingerprint density at radius 1 is 1.25 bits per heavy atom. The lowest BCUT2D eigenvalue weighted by atomic mass is 9.85. The Balaban J connectivity index is 2.97. The maximum atomic E-state index is 6.48. The van der Waals surface area contributed by atoms with Crippen molar-refractivity contribution in [1.29, 1.82) is 0 Å². The van der Waals surface area contributed by atoms with Gasteiger partial charge in [0.15, 0.2) is 8.32 Å². The maximum Gasteiger partial charge on any atom is 0.184 e. The van der Waals surface area contributed by atoms with E-state index in [0.29, 0.717) is 12.0 Å². The van der Waals surface area contributed by atoms with Crippen LogP contribution in [0.4, 0.5) is 0 Å². The summed E-state index contributed by atoms with van der Waals surface area (Å²) in [5.41, 5.74) is 1.30. The molecule has 4 nitrogen and oxygen atoms in total. The molecule has 1 fully saturated rings. The lowest BCUT2D eigenvalue weighted by Crippen LogP contribution is -2.39. The lowest BCUT2D eigenvalue weighted by Gasteiger charge is -2.34. The Morgan fingerprint density at radius 2 is 1.88 bits per heavy atom. The Kier molecular flexibility index (Phi) is 7.95. The van der Waals surface area contributed by atoms with Gasteiger partial charge in [-0.05, 0) is 38.4 Å². The Labute approximate surface area is 151 Å². The summed E-state index contributed by atoms with van der Waals surface area (Å²) in [4.78, 5) is 0. The fourth-order valence-corrected chi connectivity index (χ4v) is 4.29. The van der Waals surface area contributed by atoms with Crippen molar-refractivity contribution in [2.45, 2.75) is 85.7 Å². The molecule has 0 N–H and O–H groups in total. The molecule has 5 heteroatoms. The molecule has 0 radical (unpaired) electrons. The van der Waals surface area contributed by atoms with Gasteiger partial charge in [-0.15, -0.1) is 0 Å². The highest BCUT2D eigenvalue weighted by molar-refractivity contribution is 6.69. The van der Waals surface area contributed by atoms with E-state index >= 15 is 0 Å². The summed E-state index contributed by atoms with van der Waals surface area (Å²) >= 11 is 0. The molecule has 1 unspecified atom stereocenters. The number of ether oxygens (including phenoxy) is 1. The van der Waals surface area contributed by atoms with Crippen molar-refractivity contribution in [1.82, 2.24) is 5.01 Å². The van der Waals surface area contributed by atoms with Crippen molar-refractivity contribution in [3.05, 3.63) is 0 Å². The zero-order chi connectivity index (χ0) is 18.5. The van der Waals surface area contributed by atoms with Crippen LogP contribution in [0.25, 0.3) is 0 Å². The average molecular weight is 357 g/mol. The number of nitrogens with zero attached hydrogens (tertiary/aromatic N) is 2. The molecule has 0 bridgehead atoms. The second-order valence-corrected chi connectivity index (χ2v) is 13.9. The van der Waals surface area contributed by atoms with Crippen LogP contribution in [-0.2, 0) is 9.16 Å². The molecule has 0 aromatic rings. The van der Waals surface area contributed by atoms with Gasteiger partial charge in [-0.3, -0.25) is 5.01 Å². The molecule has 0 aliphatic carbocycles. The minimum atomic E-state index is -1.57. The van der Waals surface area contributed by atoms with Crippen LogP contribution in [0.1, 0.15) is 53.9 Å². The second kappa shape index (κ2) is 8.81. The van der Waals surface area contributed by atoms with Crippen LogP contribution in [0.5, 0.6) is 0 Å². The van der Waals surface area contributed by atoms with E-state index in [4.69, 9.17) is 14.3 Å². The van der Waals surface area contributed by atoms with Gasteiger partial charge in [0, 0.05) is 31.2 Å². The first kappa shape index (κ1) is 21.6. The van der Waals surface area contributed by atoms with E-state index in [2.05, 4.69) is 59.3 Å². The summed E-state index contributed by atoms with van der Waals surface area (Å²) in [5, 5.41) is 7.36. The molecular formula is C19H40N2O2Si. The van der Waals surface area contributed by atoms with Crippen molar-refractivity contribution < 1.29 is 9.16 Å². The molecule has 1 aliphatic heterocycles. The number of methoxy groups -OCH3 is 1. The van der Waals surface area contributed by atoms with Crippen LogP contribution < -0.4 is 0 Å². The first-order chi connectivity index (χ1) is 10.9. The van der Waals surface area contributed by atoms with Crippen LogP contribution in [0.3, 0.4) is 0 Å². The lowest BCUT2D eigenvalue weighted by molar-refractivity contribution is 0.115. The Morgan fingerprint density at radius 3 is 2.33 bits per heavy atom. The molecule has 0 aromatic heterocycles. The fourth-order valence-electron chi connectivity index (χ4n) is 3.02. The second-order valence-electron chi connectivity index (χ2n) is 9.43. The summed E-state index contributed by atoms with van der Waals surface area (Å²) in [7, 11) is 0.211. The van der Waals surface area contributed by atoms with E-state index in [1.165, 1.54) is 18.6 Å². The van der Waals surface area contributed by atoms with Crippen molar-refractivity contribution in [2.24, 2.45) is 16.4 Å². The van der Waals surface area contributed by atoms with Gasteiger partial charge in [-0.1, -0.05) is 34.6 Å². The average Bonchev–Trinajstić information content (AvgIpc) is 2.82. The van der Waals surface area contributed by atoms with E-state index in [0.717, 1.165) is 19.6 Å². The third kappa shape index (κ3) is 7.24. The number of hydrazone groups is 1. The number of hydrogen-bond donors (Lipinski definition) is 0. The van der Waals surface area contributed by atoms with Gasteiger partial charge in [-0.25, -0.2) is 0 Å². The molecule has 1 aliphatic rings. The highest BCUT2D eigenvalue weighted by atomic mass is 28.4. The zero-order valence-corrected chi connectivity index (χ0v) is 18.5. The predicted octanol–water partition coefficient (Wildman–Crippen LogP) is 4.77. The smallest absolute Gasteiger partial charge is 0.184 e. The van der Waals surface area contributed by atoms with Gasteiger partial charge in [-0.2, -0.15) is 5.10 Å². The van der Waals surface area contributed by atoms with Gasteiger partial charge in [0.05, 0.1) is 18.8 Å². The molecule has 1 saturated heterocycles. The fraction of sp³-hybridized carbons (Fsp3) is 0.947. The normalized spacial score (nSPS) is 21.7. The predicted molar refractivity (Wildman–Crippen MR) is 106 cm³/mol. The number of rotatable bonds is 8. The molecule has 2 atom stereocenters.